The molecule has 5 rings (SSSR count). The number of benzene rings is 2. The molecule has 1 saturated heterocycles. The van der Waals surface area contributed by atoms with Gasteiger partial charge in [-0.05, 0) is 73.6 Å². The van der Waals surface area contributed by atoms with Crippen LogP contribution >= 0.6 is 0 Å². The highest BCUT2D eigenvalue weighted by Gasteiger charge is 2.30. The lowest BCUT2D eigenvalue weighted by Crippen LogP contribution is -2.29. The number of aromatic hydroxyl groups is 1. The number of carbonyl (C=O) groups is 1. The maximum atomic E-state index is 13.3. The lowest BCUT2D eigenvalue weighted by molar-refractivity contribution is -0.0365. The van der Waals surface area contributed by atoms with E-state index in [1.807, 2.05) is 31.2 Å². The minimum atomic E-state index is -4.06. The zero-order valence-corrected chi connectivity index (χ0v) is 23.8. The van der Waals surface area contributed by atoms with Gasteiger partial charge in [0.2, 0.25) is 0 Å². The number of ether oxygens (including phenoxy) is 2. The Kier molecular flexibility index (Phi) is 7.67. The van der Waals surface area contributed by atoms with Crippen LogP contribution in [-0.4, -0.2) is 69.8 Å². The number of hydrogen-bond acceptors (Lipinski definition) is 8. The molecule has 11 nitrogen and oxygen atoms in total. The van der Waals surface area contributed by atoms with Crippen molar-refractivity contribution in [3.05, 3.63) is 53.9 Å². The molecule has 0 radical (unpaired) electrons. The quantitative estimate of drug-likeness (QED) is 0.311. The van der Waals surface area contributed by atoms with Crippen LogP contribution in [0.15, 0.2) is 42.6 Å². The molecule has 0 bridgehead atoms. The Hall–Kier alpha value is -3.74. The zero-order chi connectivity index (χ0) is 28.6. The maximum absolute atomic E-state index is 13.3. The van der Waals surface area contributed by atoms with E-state index < -0.39 is 16.2 Å². The monoisotopic (exact) mass is 567 g/mol. The summed E-state index contributed by atoms with van der Waals surface area (Å²) in [6.45, 7) is 4.41. The first-order valence-corrected chi connectivity index (χ1v) is 14.7. The molecule has 3 heterocycles. The molecule has 40 heavy (non-hydrogen) atoms. The first kappa shape index (κ1) is 27.8. The zero-order valence-electron chi connectivity index (χ0n) is 23.0. The molecule has 4 aromatic rings. The van der Waals surface area contributed by atoms with Crippen LogP contribution in [0, 0.1) is 0 Å². The predicted octanol–water partition coefficient (Wildman–Crippen LogP) is 4.37. The molecule has 1 fully saturated rings. The van der Waals surface area contributed by atoms with Crippen molar-refractivity contribution in [2.75, 3.05) is 27.3 Å². The van der Waals surface area contributed by atoms with Gasteiger partial charge in [0.15, 0.2) is 17.7 Å². The molecular weight excluding hydrogens is 534 g/mol. The van der Waals surface area contributed by atoms with Crippen LogP contribution in [0.1, 0.15) is 55.4 Å². The molecule has 1 atom stereocenters. The summed E-state index contributed by atoms with van der Waals surface area (Å²) in [6.07, 6.45) is 4.23. The van der Waals surface area contributed by atoms with Gasteiger partial charge in [0.1, 0.15) is 11.4 Å². The van der Waals surface area contributed by atoms with E-state index in [1.165, 1.54) is 20.3 Å². The maximum Gasteiger partial charge on any atom is 0.358 e. The van der Waals surface area contributed by atoms with Gasteiger partial charge >= 0.3 is 16.2 Å². The molecule has 0 amide bonds. The third-order valence-corrected chi connectivity index (χ3v) is 8.70. The summed E-state index contributed by atoms with van der Waals surface area (Å²) in [7, 11) is -1.24. The summed E-state index contributed by atoms with van der Waals surface area (Å²) in [4.78, 5) is 17.0. The van der Waals surface area contributed by atoms with Gasteiger partial charge in [0.05, 0.1) is 18.3 Å². The van der Waals surface area contributed by atoms with Gasteiger partial charge < -0.3 is 14.6 Å². The molecule has 0 aliphatic carbocycles. The summed E-state index contributed by atoms with van der Waals surface area (Å²) in [5, 5.41) is 15.5. The Labute approximate surface area is 233 Å². The van der Waals surface area contributed by atoms with Crippen LogP contribution < -0.4 is 0 Å². The highest BCUT2D eigenvalue weighted by Crippen LogP contribution is 2.37. The van der Waals surface area contributed by atoms with E-state index in [9.17, 15) is 18.3 Å². The van der Waals surface area contributed by atoms with Gasteiger partial charge in [0.25, 0.3) is 0 Å². The average Bonchev–Trinajstić information content (AvgIpc) is 3.56. The molecule has 1 unspecified atom stereocenters. The minimum absolute atomic E-state index is 0.00273. The molecule has 2 aromatic heterocycles. The van der Waals surface area contributed by atoms with E-state index in [2.05, 4.69) is 4.98 Å². The Balaban J connectivity index is 1.76. The van der Waals surface area contributed by atoms with E-state index in [1.54, 1.807) is 23.7 Å². The predicted molar refractivity (Wildman–Crippen MR) is 150 cm³/mol. The summed E-state index contributed by atoms with van der Waals surface area (Å²) >= 11 is 0. The van der Waals surface area contributed by atoms with E-state index in [0.29, 0.717) is 17.7 Å². The highest BCUT2D eigenvalue weighted by atomic mass is 32.2. The van der Waals surface area contributed by atoms with Crippen molar-refractivity contribution in [1.82, 2.24) is 23.0 Å². The second kappa shape index (κ2) is 11.0. The number of phenolic OH excluding ortho intramolecular Hbond substituents is 1. The fourth-order valence-corrected chi connectivity index (χ4v) is 5.87. The summed E-state index contributed by atoms with van der Waals surface area (Å²) in [5.74, 6) is -0.517. The van der Waals surface area contributed by atoms with Crippen LogP contribution in [0.5, 0.6) is 5.75 Å². The summed E-state index contributed by atoms with van der Waals surface area (Å²) < 4.78 is 41.6. The van der Waals surface area contributed by atoms with Crippen molar-refractivity contribution in [2.24, 2.45) is 0 Å². The fourth-order valence-electron chi connectivity index (χ4n) is 4.94. The smallest absolute Gasteiger partial charge is 0.358 e. The molecular formula is C28H33N5O6S. The number of aromatic nitrogens is 4. The Morgan fingerprint density at radius 1 is 1.18 bits per heavy atom. The number of imidazole rings is 1. The van der Waals surface area contributed by atoms with Crippen molar-refractivity contribution in [1.29, 1.82) is 0 Å². The fraction of sp³-hybridized carbons (Fsp3) is 0.393. The van der Waals surface area contributed by atoms with Crippen LogP contribution in [0.3, 0.4) is 0 Å². The van der Waals surface area contributed by atoms with Crippen LogP contribution in [0.25, 0.3) is 33.5 Å². The lowest BCUT2D eigenvalue weighted by Gasteiger charge is -2.23. The Bertz CT molecular complexity index is 1670. The third-order valence-electron chi connectivity index (χ3n) is 7.00. The Morgan fingerprint density at radius 3 is 2.65 bits per heavy atom. The second-order valence-electron chi connectivity index (χ2n) is 9.80. The van der Waals surface area contributed by atoms with Crippen LogP contribution in [0.2, 0.25) is 0 Å². The molecule has 1 aliphatic rings. The number of carbonyl (C=O) groups excluding carboxylic acids is 1. The summed E-state index contributed by atoms with van der Waals surface area (Å²) in [6, 6.07) is 11.1. The van der Waals surface area contributed by atoms with Gasteiger partial charge in [-0.1, -0.05) is 19.1 Å². The molecule has 2 aromatic carbocycles. The number of rotatable bonds is 8. The number of phenols is 1. The van der Waals surface area contributed by atoms with Gasteiger partial charge in [-0.2, -0.15) is 17.8 Å². The molecule has 1 aliphatic heterocycles. The number of nitrogens with zero attached hydrogens (tertiary/aromatic N) is 5. The van der Waals surface area contributed by atoms with E-state index >= 15 is 0 Å². The van der Waals surface area contributed by atoms with Crippen LogP contribution in [0.4, 0.5) is 0 Å². The molecule has 212 valence electrons. The van der Waals surface area contributed by atoms with Crippen molar-refractivity contribution < 1.29 is 27.8 Å². The average molecular weight is 568 g/mol. The normalized spacial score (nSPS) is 16.1. The van der Waals surface area contributed by atoms with Crippen molar-refractivity contribution in [3.63, 3.8) is 0 Å². The van der Waals surface area contributed by atoms with Crippen molar-refractivity contribution in [2.45, 2.75) is 45.8 Å². The SMILES string of the molecule is CCOC(=O)c1cn(S(=O)(=O)N(C)C)c(-c2nn(C3CCCCO3)c3cc(-c4ccc(O)cc4CC)ccc23)n1. The number of aryl methyl sites for hydroxylation is 1. The summed E-state index contributed by atoms with van der Waals surface area (Å²) in [5.41, 5.74) is 3.80. The molecule has 0 spiro atoms. The molecule has 1 N–H and O–H groups in total. The van der Waals surface area contributed by atoms with Crippen LogP contribution in [-0.2, 0) is 26.1 Å². The number of hydrogen-bond donors (Lipinski definition) is 1. The van der Waals surface area contributed by atoms with Crippen molar-refractivity contribution in [3.8, 4) is 28.4 Å². The highest BCUT2D eigenvalue weighted by molar-refractivity contribution is 7.87. The first-order chi connectivity index (χ1) is 19.1. The standard InChI is InChI=1S/C28H33N5O6S/c1-5-18-15-20(34)11-13-21(18)19-10-12-22-24(16-19)33(25-9-7-8-14-39-25)30-26(22)27-29-23(28(35)38-6-2)17-32(27)40(36,37)31(3)4/h10-13,15-17,25,34H,5-9,14H2,1-4H3. The lowest BCUT2D eigenvalue weighted by atomic mass is 9.96. The van der Waals surface area contributed by atoms with E-state index in [-0.39, 0.29) is 30.1 Å². The Morgan fingerprint density at radius 2 is 1.98 bits per heavy atom. The molecule has 12 heteroatoms. The van der Waals surface area contributed by atoms with Gasteiger partial charge in [-0.25, -0.2) is 18.4 Å². The first-order valence-electron chi connectivity index (χ1n) is 13.3. The van der Waals surface area contributed by atoms with Gasteiger partial charge in [-0.15, -0.1) is 0 Å². The van der Waals surface area contributed by atoms with Crippen molar-refractivity contribution >= 4 is 27.1 Å². The molecule has 0 saturated carbocycles. The van der Waals surface area contributed by atoms with E-state index in [4.69, 9.17) is 14.6 Å². The largest absolute Gasteiger partial charge is 0.508 e. The van der Waals surface area contributed by atoms with Gasteiger partial charge in [-0.3, -0.25) is 0 Å². The third kappa shape index (κ3) is 4.98. The topological polar surface area (TPSA) is 129 Å². The van der Waals surface area contributed by atoms with E-state index in [0.717, 1.165) is 56.2 Å². The number of esters is 1. The van der Waals surface area contributed by atoms with Gasteiger partial charge in [0, 0.05) is 26.1 Å². The second-order valence-corrected chi connectivity index (χ2v) is 11.8. The minimum Gasteiger partial charge on any atom is -0.508 e. The number of fused-ring (bicyclic) bond motifs is 1.